The first-order valence-corrected chi connectivity index (χ1v) is 7.43. The van der Waals surface area contributed by atoms with E-state index in [4.69, 9.17) is 4.74 Å². The smallest absolute Gasteiger partial charge is 0.311 e. The monoisotopic (exact) mass is 258 g/mol. The summed E-state index contributed by atoms with van der Waals surface area (Å²) in [5.41, 5.74) is 0. The molecule has 3 nitrogen and oxygen atoms in total. The molecule has 0 radical (unpaired) electrons. The lowest BCUT2D eigenvalue weighted by molar-refractivity contribution is -0.149. The van der Waals surface area contributed by atoms with Gasteiger partial charge in [-0.25, -0.2) is 0 Å². The van der Waals surface area contributed by atoms with Crippen molar-refractivity contribution in [2.45, 2.75) is 77.7 Å². The Hall–Kier alpha value is -0.570. The molecule has 108 valence electrons. The Morgan fingerprint density at radius 1 is 1.06 bits per heavy atom. The maximum Gasteiger partial charge on any atom is 0.311 e. The number of carbonyl (C=O) groups excluding carboxylic acids is 1. The Balaban J connectivity index is 3.62. The summed E-state index contributed by atoms with van der Waals surface area (Å²) in [7, 11) is 1.38. The van der Waals surface area contributed by atoms with Gasteiger partial charge >= 0.3 is 5.97 Å². The van der Waals surface area contributed by atoms with Crippen LogP contribution in [0.1, 0.15) is 71.6 Å². The number of unbranched alkanes of at least 4 members (excludes halogenated alkanes) is 6. The second-order valence-corrected chi connectivity index (χ2v) is 5.02. The molecule has 2 unspecified atom stereocenters. The lowest BCUT2D eigenvalue weighted by atomic mass is 9.94. The molecule has 18 heavy (non-hydrogen) atoms. The molecule has 1 N–H and O–H groups in total. The van der Waals surface area contributed by atoms with Crippen LogP contribution in [0.3, 0.4) is 0 Å². The van der Waals surface area contributed by atoms with Gasteiger partial charge in [0, 0.05) is 0 Å². The van der Waals surface area contributed by atoms with E-state index in [1.54, 1.807) is 0 Å². The fourth-order valence-electron chi connectivity index (χ4n) is 2.26. The Morgan fingerprint density at radius 2 is 1.61 bits per heavy atom. The number of aliphatic hydroxyl groups is 1. The number of rotatable bonds is 11. The predicted octanol–water partition coefficient (Wildman–Crippen LogP) is 3.69. The molecule has 0 bridgehead atoms. The molecule has 0 amide bonds. The van der Waals surface area contributed by atoms with Crippen molar-refractivity contribution in [3.63, 3.8) is 0 Å². The van der Waals surface area contributed by atoms with Crippen LogP contribution >= 0.6 is 0 Å². The minimum absolute atomic E-state index is 0.284. The van der Waals surface area contributed by atoms with Crippen LogP contribution in [0.5, 0.6) is 0 Å². The first-order valence-electron chi connectivity index (χ1n) is 7.43. The predicted molar refractivity (Wildman–Crippen MR) is 74.4 cm³/mol. The maximum absolute atomic E-state index is 11.4. The summed E-state index contributed by atoms with van der Waals surface area (Å²) in [6, 6.07) is 0. The highest BCUT2D eigenvalue weighted by atomic mass is 16.5. The highest BCUT2D eigenvalue weighted by Crippen LogP contribution is 2.17. The third kappa shape index (κ3) is 7.70. The summed E-state index contributed by atoms with van der Waals surface area (Å²) in [5, 5.41) is 9.95. The van der Waals surface area contributed by atoms with Crippen LogP contribution in [0.4, 0.5) is 0 Å². The number of hydrogen-bond donors (Lipinski definition) is 1. The average Bonchev–Trinajstić information content (AvgIpc) is 2.38. The van der Waals surface area contributed by atoms with Gasteiger partial charge in [0.05, 0.1) is 19.1 Å². The van der Waals surface area contributed by atoms with E-state index >= 15 is 0 Å². The van der Waals surface area contributed by atoms with Gasteiger partial charge < -0.3 is 9.84 Å². The van der Waals surface area contributed by atoms with Gasteiger partial charge in [0.25, 0.3) is 0 Å². The molecular weight excluding hydrogens is 228 g/mol. The van der Waals surface area contributed by atoms with Crippen LogP contribution in [0.2, 0.25) is 0 Å². The summed E-state index contributed by atoms with van der Waals surface area (Å²) in [6.45, 7) is 4.13. The summed E-state index contributed by atoms with van der Waals surface area (Å²) >= 11 is 0. The standard InChI is InChI=1S/C15H30O3/c1-4-6-7-8-9-10-11-12-14(16)13(5-2)15(17)18-3/h13-14,16H,4-12H2,1-3H3. The molecule has 0 aromatic heterocycles. The molecule has 0 aliphatic rings. The van der Waals surface area contributed by atoms with Gasteiger partial charge in [0.2, 0.25) is 0 Å². The molecule has 2 atom stereocenters. The van der Waals surface area contributed by atoms with Gasteiger partial charge in [-0.3, -0.25) is 4.79 Å². The third-order valence-electron chi connectivity index (χ3n) is 3.51. The average molecular weight is 258 g/mol. The lowest BCUT2D eigenvalue weighted by Crippen LogP contribution is -2.28. The Bertz CT molecular complexity index is 204. The van der Waals surface area contributed by atoms with Crippen LogP contribution in [0, 0.1) is 5.92 Å². The molecule has 0 aromatic carbocycles. The van der Waals surface area contributed by atoms with Gasteiger partial charge in [-0.15, -0.1) is 0 Å². The van der Waals surface area contributed by atoms with Crippen LogP contribution in [-0.4, -0.2) is 24.3 Å². The quantitative estimate of drug-likeness (QED) is 0.454. The highest BCUT2D eigenvalue weighted by molar-refractivity contribution is 5.72. The number of methoxy groups -OCH3 is 1. The summed E-state index contributed by atoms with van der Waals surface area (Å²) < 4.78 is 4.70. The molecule has 3 heteroatoms. The van der Waals surface area contributed by atoms with Crippen LogP contribution < -0.4 is 0 Å². The Labute approximate surface area is 112 Å². The van der Waals surface area contributed by atoms with Gasteiger partial charge in [0.1, 0.15) is 0 Å². The first-order chi connectivity index (χ1) is 8.67. The van der Waals surface area contributed by atoms with Crippen molar-refractivity contribution in [3.05, 3.63) is 0 Å². The molecule has 0 heterocycles. The normalized spacial score (nSPS) is 14.2. The number of carbonyl (C=O) groups is 1. The molecule has 0 aliphatic heterocycles. The number of hydrogen-bond acceptors (Lipinski definition) is 3. The second-order valence-electron chi connectivity index (χ2n) is 5.02. The van der Waals surface area contributed by atoms with Crippen molar-refractivity contribution >= 4 is 5.97 Å². The van der Waals surface area contributed by atoms with Gasteiger partial charge in [0.15, 0.2) is 0 Å². The summed E-state index contributed by atoms with van der Waals surface area (Å²) in [6.07, 6.45) is 9.40. The van der Waals surface area contributed by atoms with E-state index in [-0.39, 0.29) is 11.9 Å². The minimum Gasteiger partial charge on any atom is -0.469 e. The Morgan fingerprint density at radius 3 is 2.11 bits per heavy atom. The van der Waals surface area contributed by atoms with E-state index in [2.05, 4.69) is 6.92 Å². The van der Waals surface area contributed by atoms with Gasteiger partial charge in [-0.05, 0) is 12.8 Å². The molecule has 0 fully saturated rings. The van der Waals surface area contributed by atoms with Crippen molar-refractivity contribution in [1.29, 1.82) is 0 Å². The zero-order chi connectivity index (χ0) is 13.8. The molecule has 0 saturated carbocycles. The van der Waals surface area contributed by atoms with Crippen molar-refractivity contribution in [1.82, 2.24) is 0 Å². The van der Waals surface area contributed by atoms with E-state index in [0.717, 1.165) is 12.8 Å². The van der Waals surface area contributed by atoms with Crippen molar-refractivity contribution in [2.75, 3.05) is 7.11 Å². The van der Waals surface area contributed by atoms with Gasteiger partial charge in [-0.1, -0.05) is 58.8 Å². The summed E-state index contributed by atoms with van der Waals surface area (Å²) in [5.74, 6) is -0.636. The molecule has 0 spiro atoms. The number of esters is 1. The lowest BCUT2D eigenvalue weighted by Gasteiger charge is -2.19. The number of ether oxygens (including phenoxy) is 1. The number of aliphatic hydroxyl groups excluding tert-OH is 1. The van der Waals surface area contributed by atoms with E-state index in [9.17, 15) is 9.90 Å². The van der Waals surface area contributed by atoms with E-state index in [0.29, 0.717) is 12.8 Å². The second kappa shape index (κ2) is 11.5. The van der Waals surface area contributed by atoms with Crippen molar-refractivity contribution in [2.24, 2.45) is 5.92 Å². The third-order valence-corrected chi connectivity index (χ3v) is 3.51. The highest BCUT2D eigenvalue weighted by Gasteiger charge is 2.25. The van der Waals surface area contributed by atoms with Crippen molar-refractivity contribution < 1.29 is 14.6 Å². The van der Waals surface area contributed by atoms with Crippen LogP contribution in [-0.2, 0) is 9.53 Å². The summed E-state index contributed by atoms with van der Waals surface area (Å²) in [4.78, 5) is 11.4. The largest absolute Gasteiger partial charge is 0.469 e. The molecule has 0 saturated heterocycles. The first kappa shape index (κ1) is 17.4. The topological polar surface area (TPSA) is 46.5 Å². The van der Waals surface area contributed by atoms with E-state index in [1.165, 1.54) is 39.2 Å². The Kier molecular flexibility index (Phi) is 11.2. The van der Waals surface area contributed by atoms with Crippen molar-refractivity contribution in [3.8, 4) is 0 Å². The van der Waals surface area contributed by atoms with Gasteiger partial charge in [-0.2, -0.15) is 0 Å². The molecule has 0 rings (SSSR count). The zero-order valence-electron chi connectivity index (χ0n) is 12.3. The molecule has 0 aliphatic carbocycles. The van der Waals surface area contributed by atoms with Crippen LogP contribution in [0.25, 0.3) is 0 Å². The van der Waals surface area contributed by atoms with Crippen LogP contribution in [0.15, 0.2) is 0 Å². The zero-order valence-corrected chi connectivity index (χ0v) is 12.3. The fourth-order valence-corrected chi connectivity index (χ4v) is 2.26. The minimum atomic E-state index is -0.543. The van der Waals surface area contributed by atoms with E-state index < -0.39 is 6.10 Å². The molecule has 0 aromatic rings. The fraction of sp³-hybridized carbons (Fsp3) is 0.933. The van der Waals surface area contributed by atoms with E-state index in [1.807, 2.05) is 6.92 Å². The maximum atomic E-state index is 11.4. The molecular formula is C15H30O3. The SMILES string of the molecule is CCCCCCCCCC(O)C(CC)C(=O)OC.